The van der Waals surface area contributed by atoms with E-state index in [1.165, 1.54) is 88.0 Å². The van der Waals surface area contributed by atoms with Gasteiger partial charge in [0.05, 0.1) is 0 Å². The largest absolute Gasteiger partial charge is 0.0622 e. The van der Waals surface area contributed by atoms with Crippen molar-refractivity contribution in [2.75, 3.05) is 0 Å². The molecule has 0 heterocycles. The Labute approximate surface area is 264 Å². The van der Waals surface area contributed by atoms with Gasteiger partial charge in [0.1, 0.15) is 0 Å². The molecule has 0 saturated carbocycles. The molecule has 0 N–H and O–H groups in total. The molecule has 1 aliphatic rings. The fraction of sp³-hybridized carbons (Fsp3) is 0.0667. The van der Waals surface area contributed by atoms with Crippen LogP contribution in [0.1, 0.15) is 25.0 Å². The lowest BCUT2D eigenvalue weighted by atomic mass is 9.80. The van der Waals surface area contributed by atoms with Crippen LogP contribution in [0.3, 0.4) is 0 Å². The first-order valence-corrected chi connectivity index (χ1v) is 15.9. The van der Waals surface area contributed by atoms with Crippen LogP contribution in [0.15, 0.2) is 158 Å². The minimum atomic E-state index is -0.111. The van der Waals surface area contributed by atoms with Crippen LogP contribution in [0.2, 0.25) is 0 Å². The van der Waals surface area contributed by atoms with Gasteiger partial charge in [0.2, 0.25) is 0 Å². The molecule has 8 aromatic carbocycles. The molecule has 1 aliphatic carbocycles. The molecule has 0 atom stereocenters. The number of fused-ring (bicyclic) bond motifs is 6. The molecular formula is C45H32. The highest BCUT2D eigenvalue weighted by Gasteiger charge is 2.36. The van der Waals surface area contributed by atoms with Gasteiger partial charge in [0.15, 0.2) is 0 Å². The summed E-state index contributed by atoms with van der Waals surface area (Å²) in [5.41, 5.74) is 13.1. The highest BCUT2D eigenvalue weighted by atomic mass is 14.4. The minimum absolute atomic E-state index is 0.111. The molecule has 0 amide bonds. The van der Waals surface area contributed by atoms with E-state index in [4.69, 9.17) is 0 Å². The first-order valence-electron chi connectivity index (χ1n) is 15.9. The zero-order chi connectivity index (χ0) is 30.1. The van der Waals surface area contributed by atoms with Crippen molar-refractivity contribution in [1.82, 2.24) is 0 Å². The lowest BCUT2D eigenvalue weighted by Crippen LogP contribution is -2.15. The van der Waals surface area contributed by atoms with Crippen molar-refractivity contribution in [3.63, 3.8) is 0 Å². The molecular weight excluding hydrogens is 540 g/mol. The van der Waals surface area contributed by atoms with Gasteiger partial charge in [-0.05, 0) is 100 Å². The van der Waals surface area contributed by atoms with Gasteiger partial charge in [-0.3, -0.25) is 0 Å². The normalized spacial score (nSPS) is 13.3. The Morgan fingerprint density at radius 2 is 0.822 bits per heavy atom. The van der Waals surface area contributed by atoms with Crippen LogP contribution in [0, 0.1) is 0 Å². The van der Waals surface area contributed by atoms with Gasteiger partial charge < -0.3 is 0 Å². The van der Waals surface area contributed by atoms with Gasteiger partial charge in [-0.25, -0.2) is 0 Å². The van der Waals surface area contributed by atoms with E-state index in [-0.39, 0.29) is 5.41 Å². The second-order valence-electron chi connectivity index (χ2n) is 12.9. The average molecular weight is 573 g/mol. The summed E-state index contributed by atoms with van der Waals surface area (Å²) >= 11 is 0. The van der Waals surface area contributed by atoms with Crippen molar-refractivity contribution in [2.24, 2.45) is 0 Å². The summed E-state index contributed by atoms with van der Waals surface area (Å²) in [4.78, 5) is 0. The Bertz CT molecular complexity index is 2380. The summed E-state index contributed by atoms with van der Waals surface area (Å²) in [7, 11) is 0. The van der Waals surface area contributed by atoms with E-state index in [2.05, 4.69) is 172 Å². The fourth-order valence-electron chi connectivity index (χ4n) is 7.88. The number of rotatable bonds is 3. The maximum absolute atomic E-state index is 2.48. The second kappa shape index (κ2) is 9.78. The molecule has 0 heteroatoms. The van der Waals surface area contributed by atoms with Gasteiger partial charge in [-0.2, -0.15) is 0 Å². The van der Waals surface area contributed by atoms with E-state index in [0.717, 1.165) is 0 Å². The van der Waals surface area contributed by atoms with Gasteiger partial charge in [0.25, 0.3) is 0 Å². The van der Waals surface area contributed by atoms with E-state index < -0.39 is 0 Å². The Hall–Kier alpha value is -5.46. The van der Waals surface area contributed by atoms with Crippen molar-refractivity contribution in [3.05, 3.63) is 169 Å². The highest BCUT2D eigenvalue weighted by molar-refractivity contribution is 6.23. The van der Waals surface area contributed by atoms with E-state index in [1.54, 1.807) is 0 Å². The van der Waals surface area contributed by atoms with Gasteiger partial charge in [0, 0.05) is 5.41 Å². The first kappa shape index (κ1) is 26.0. The average Bonchev–Trinajstić information content (AvgIpc) is 3.32. The third-order valence-electron chi connectivity index (χ3n) is 10.1. The lowest BCUT2D eigenvalue weighted by molar-refractivity contribution is 0.661. The van der Waals surface area contributed by atoms with Crippen molar-refractivity contribution in [2.45, 2.75) is 19.3 Å². The Morgan fingerprint density at radius 3 is 1.47 bits per heavy atom. The van der Waals surface area contributed by atoms with Crippen LogP contribution < -0.4 is 0 Å². The molecule has 0 fully saturated rings. The Morgan fingerprint density at radius 1 is 0.333 bits per heavy atom. The monoisotopic (exact) mass is 572 g/mol. The van der Waals surface area contributed by atoms with Crippen molar-refractivity contribution < 1.29 is 0 Å². The molecule has 45 heavy (non-hydrogen) atoms. The third kappa shape index (κ3) is 3.85. The van der Waals surface area contributed by atoms with E-state index in [0.29, 0.717) is 0 Å². The highest BCUT2D eigenvalue weighted by Crippen LogP contribution is 2.52. The van der Waals surface area contributed by atoms with Gasteiger partial charge >= 0.3 is 0 Å². The third-order valence-corrected chi connectivity index (χ3v) is 10.1. The molecule has 8 aromatic rings. The van der Waals surface area contributed by atoms with Crippen LogP contribution >= 0.6 is 0 Å². The Balaban J connectivity index is 1.28. The summed E-state index contributed by atoms with van der Waals surface area (Å²) in [6, 6.07) is 58.3. The molecule has 0 nitrogen and oxygen atoms in total. The van der Waals surface area contributed by atoms with Crippen LogP contribution in [0.4, 0.5) is 0 Å². The van der Waals surface area contributed by atoms with E-state index in [9.17, 15) is 0 Å². The molecule has 0 saturated heterocycles. The molecule has 0 bridgehead atoms. The maximum Gasteiger partial charge on any atom is 0.0159 e. The van der Waals surface area contributed by atoms with Crippen molar-refractivity contribution in [3.8, 4) is 44.5 Å². The summed E-state index contributed by atoms with van der Waals surface area (Å²) in [5.74, 6) is 0. The molecule has 0 unspecified atom stereocenters. The molecule has 0 radical (unpaired) electrons. The fourth-order valence-corrected chi connectivity index (χ4v) is 7.88. The molecule has 0 spiro atoms. The first-order chi connectivity index (χ1) is 22.1. The smallest absolute Gasteiger partial charge is 0.0159 e. The molecule has 212 valence electrons. The van der Waals surface area contributed by atoms with Crippen LogP contribution in [-0.4, -0.2) is 0 Å². The quantitative estimate of drug-likeness (QED) is 0.185. The lowest BCUT2D eigenvalue weighted by Gasteiger charge is -2.23. The predicted octanol–water partition coefficient (Wildman–Crippen LogP) is 12.5. The predicted molar refractivity (Wildman–Crippen MR) is 193 cm³/mol. The molecule has 9 rings (SSSR count). The molecule has 0 aromatic heterocycles. The summed E-state index contributed by atoms with van der Waals surface area (Å²) in [6.07, 6.45) is 0. The zero-order valence-electron chi connectivity index (χ0n) is 25.5. The molecule has 0 aliphatic heterocycles. The summed E-state index contributed by atoms with van der Waals surface area (Å²) < 4.78 is 0. The SMILES string of the molecule is CC1(C)c2cc(-c3ccccc3)ccc2-c2ccc(-c3c4ccccc4c(-c4cccc5ccccc45)c4ccccc34)cc21. The summed E-state index contributed by atoms with van der Waals surface area (Å²) in [5, 5.41) is 7.71. The number of hydrogen-bond donors (Lipinski definition) is 0. The van der Waals surface area contributed by atoms with E-state index in [1.807, 2.05) is 0 Å². The zero-order valence-corrected chi connectivity index (χ0v) is 25.5. The number of hydrogen-bond acceptors (Lipinski definition) is 0. The van der Waals surface area contributed by atoms with Gasteiger partial charge in [-0.1, -0.05) is 159 Å². The van der Waals surface area contributed by atoms with Crippen LogP contribution in [0.5, 0.6) is 0 Å². The van der Waals surface area contributed by atoms with Gasteiger partial charge in [-0.15, -0.1) is 0 Å². The maximum atomic E-state index is 2.48. The topological polar surface area (TPSA) is 0 Å². The van der Waals surface area contributed by atoms with Crippen molar-refractivity contribution >= 4 is 32.3 Å². The van der Waals surface area contributed by atoms with Crippen LogP contribution in [-0.2, 0) is 5.41 Å². The number of benzene rings is 8. The van der Waals surface area contributed by atoms with Crippen molar-refractivity contribution in [1.29, 1.82) is 0 Å². The summed E-state index contributed by atoms with van der Waals surface area (Å²) in [6.45, 7) is 4.77. The van der Waals surface area contributed by atoms with E-state index >= 15 is 0 Å². The Kier molecular flexibility index (Phi) is 5.64. The second-order valence-corrected chi connectivity index (χ2v) is 12.9. The standard InChI is InChI=1S/C45H32/c1-45(2)41-27-31(29-13-4-3-5-14-29)23-25-34(41)35-26-24-32(28-42(35)45)43-37-18-8-10-20-39(37)44(40-21-11-9-19-38(40)43)36-22-12-16-30-15-6-7-17-33(30)36/h3-28H,1-2H3. The van der Waals surface area contributed by atoms with Crippen LogP contribution in [0.25, 0.3) is 76.8 Å². The minimum Gasteiger partial charge on any atom is -0.0622 e.